The fourth-order valence-corrected chi connectivity index (χ4v) is 2.73. The zero-order valence-corrected chi connectivity index (χ0v) is 13.6. The summed E-state index contributed by atoms with van der Waals surface area (Å²) in [7, 11) is 0. The number of hydrogen-bond donors (Lipinski definition) is 2. The molecule has 0 aliphatic carbocycles. The number of rotatable bonds is 6. The number of halogens is 1. The van der Waals surface area contributed by atoms with E-state index in [0.717, 1.165) is 16.3 Å². The van der Waals surface area contributed by atoms with E-state index in [-0.39, 0.29) is 18.2 Å². The van der Waals surface area contributed by atoms with Gasteiger partial charge in [-0.25, -0.2) is 4.98 Å². The lowest BCUT2D eigenvalue weighted by Crippen LogP contribution is -2.34. The molecule has 0 atom stereocenters. The lowest BCUT2D eigenvalue weighted by Gasteiger charge is -2.04. The van der Waals surface area contributed by atoms with Gasteiger partial charge < -0.3 is 10.6 Å². The molecule has 116 valence electrons. The van der Waals surface area contributed by atoms with Gasteiger partial charge in [-0.2, -0.15) is 0 Å². The first-order valence-electron chi connectivity index (χ1n) is 6.76. The first kappa shape index (κ1) is 16.5. The molecule has 1 heterocycles. The lowest BCUT2D eigenvalue weighted by atomic mass is 10.2. The van der Waals surface area contributed by atoms with E-state index < -0.39 is 0 Å². The third-order valence-electron chi connectivity index (χ3n) is 2.81. The number of thiazole rings is 1. The van der Waals surface area contributed by atoms with Gasteiger partial charge in [0.25, 0.3) is 0 Å². The van der Waals surface area contributed by atoms with Crippen LogP contribution in [0.15, 0.2) is 29.6 Å². The Labute approximate surface area is 137 Å². The topological polar surface area (TPSA) is 71.1 Å². The Morgan fingerprint density at radius 2 is 1.86 bits per heavy atom. The third kappa shape index (κ3) is 5.13. The number of benzene rings is 1. The van der Waals surface area contributed by atoms with E-state index in [2.05, 4.69) is 15.6 Å². The molecular weight excluding hydrogens is 322 g/mol. The molecule has 1 aromatic heterocycles. The van der Waals surface area contributed by atoms with Crippen LogP contribution in [0, 0.1) is 0 Å². The first-order valence-corrected chi connectivity index (χ1v) is 8.02. The standard InChI is InChI=1S/C15H16ClN3O2S/c1-10(20)17-6-7-18-14(21)8-13-9-22-15(19-13)11-2-4-12(16)5-3-11/h2-5,9H,6-8H2,1H3,(H,17,20)(H,18,21). The molecule has 0 aliphatic rings. The van der Waals surface area contributed by atoms with Crippen molar-refractivity contribution in [2.24, 2.45) is 0 Å². The number of amides is 2. The van der Waals surface area contributed by atoms with E-state index in [1.807, 2.05) is 29.6 Å². The second-order valence-electron chi connectivity index (χ2n) is 4.66. The maximum atomic E-state index is 11.8. The largest absolute Gasteiger partial charge is 0.355 e. The summed E-state index contributed by atoms with van der Waals surface area (Å²) in [4.78, 5) is 26.9. The zero-order chi connectivity index (χ0) is 15.9. The molecule has 0 saturated heterocycles. The van der Waals surface area contributed by atoms with Crippen molar-refractivity contribution in [2.45, 2.75) is 13.3 Å². The maximum absolute atomic E-state index is 11.8. The number of carbonyl (C=O) groups is 2. The van der Waals surface area contributed by atoms with E-state index in [1.54, 1.807) is 0 Å². The zero-order valence-electron chi connectivity index (χ0n) is 12.1. The molecule has 0 unspecified atom stereocenters. The third-order valence-corrected chi connectivity index (χ3v) is 4.00. The smallest absolute Gasteiger partial charge is 0.226 e. The van der Waals surface area contributed by atoms with E-state index >= 15 is 0 Å². The molecular formula is C15H16ClN3O2S. The molecule has 0 aliphatic heterocycles. The Bertz CT molecular complexity index is 655. The minimum Gasteiger partial charge on any atom is -0.355 e. The fourth-order valence-electron chi connectivity index (χ4n) is 1.78. The van der Waals surface area contributed by atoms with Crippen molar-refractivity contribution >= 4 is 34.8 Å². The van der Waals surface area contributed by atoms with Gasteiger partial charge in [0.15, 0.2) is 0 Å². The van der Waals surface area contributed by atoms with Gasteiger partial charge in [0, 0.05) is 36.0 Å². The van der Waals surface area contributed by atoms with Gasteiger partial charge in [-0.05, 0) is 12.1 Å². The normalized spacial score (nSPS) is 10.3. The Morgan fingerprint density at radius 1 is 1.18 bits per heavy atom. The van der Waals surface area contributed by atoms with Crippen LogP contribution in [0.4, 0.5) is 0 Å². The number of nitrogens with one attached hydrogen (secondary N) is 2. The first-order chi connectivity index (χ1) is 10.5. The summed E-state index contributed by atoms with van der Waals surface area (Å²) in [5.74, 6) is -0.223. The molecule has 0 saturated carbocycles. The van der Waals surface area contributed by atoms with Gasteiger partial charge in [-0.3, -0.25) is 9.59 Å². The summed E-state index contributed by atoms with van der Waals surface area (Å²) in [6, 6.07) is 7.43. The van der Waals surface area contributed by atoms with Gasteiger partial charge in [-0.15, -0.1) is 11.3 Å². The average molecular weight is 338 g/mol. The minimum absolute atomic E-state index is 0.110. The Morgan fingerprint density at radius 3 is 2.55 bits per heavy atom. The average Bonchev–Trinajstić information content (AvgIpc) is 2.92. The Kier molecular flexibility index (Phi) is 5.91. The molecule has 5 nitrogen and oxygen atoms in total. The number of nitrogens with zero attached hydrogens (tertiary/aromatic N) is 1. The van der Waals surface area contributed by atoms with Crippen LogP contribution in [0.25, 0.3) is 10.6 Å². The maximum Gasteiger partial charge on any atom is 0.226 e. The lowest BCUT2D eigenvalue weighted by molar-refractivity contribution is -0.121. The van der Waals surface area contributed by atoms with E-state index in [1.165, 1.54) is 18.3 Å². The summed E-state index contributed by atoms with van der Waals surface area (Å²) in [6.07, 6.45) is 0.226. The van der Waals surface area contributed by atoms with Crippen molar-refractivity contribution in [1.82, 2.24) is 15.6 Å². The number of carbonyl (C=O) groups excluding carboxylic acids is 2. The molecule has 1 aromatic carbocycles. The molecule has 0 bridgehead atoms. The predicted octanol–water partition coefficient (Wildman–Crippen LogP) is 2.26. The highest BCUT2D eigenvalue weighted by molar-refractivity contribution is 7.13. The van der Waals surface area contributed by atoms with Crippen LogP contribution in [-0.2, 0) is 16.0 Å². The molecule has 2 aromatic rings. The van der Waals surface area contributed by atoms with Crippen molar-refractivity contribution in [3.05, 3.63) is 40.4 Å². The highest BCUT2D eigenvalue weighted by atomic mass is 35.5. The van der Waals surface area contributed by atoms with Crippen LogP contribution < -0.4 is 10.6 Å². The van der Waals surface area contributed by atoms with Crippen molar-refractivity contribution in [2.75, 3.05) is 13.1 Å². The van der Waals surface area contributed by atoms with Gasteiger partial charge in [0.1, 0.15) is 5.01 Å². The highest BCUT2D eigenvalue weighted by Crippen LogP contribution is 2.25. The Balaban J connectivity index is 1.85. The molecule has 0 fully saturated rings. The quantitative estimate of drug-likeness (QED) is 0.794. The van der Waals surface area contributed by atoms with Crippen molar-refractivity contribution in [3.63, 3.8) is 0 Å². The van der Waals surface area contributed by atoms with E-state index in [0.29, 0.717) is 18.1 Å². The van der Waals surface area contributed by atoms with Crippen LogP contribution >= 0.6 is 22.9 Å². The molecule has 2 amide bonds. The summed E-state index contributed by atoms with van der Waals surface area (Å²) in [6.45, 7) is 2.27. The monoisotopic (exact) mass is 337 g/mol. The highest BCUT2D eigenvalue weighted by Gasteiger charge is 2.08. The summed E-state index contributed by atoms with van der Waals surface area (Å²) < 4.78 is 0. The summed E-state index contributed by atoms with van der Waals surface area (Å²) >= 11 is 7.35. The summed E-state index contributed by atoms with van der Waals surface area (Å²) in [5.41, 5.74) is 1.71. The van der Waals surface area contributed by atoms with E-state index in [4.69, 9.17) is 11.6 Å². The van der Waals surface area contributed by atoms with Crippen LogP contribution in [0.3, 0.4) is 0 Å². The molecule has 0 spiro atoms. The molecule has 2 N–H and O–H groups in total. The van der Waals surface area contributed by atoms with Crippen LogP contribution in [0.2, 0.25) is 5.02 Å². The number of aromatic nitrogens is 1. The van der Waals surface area contributed by atoms with Crippen molar-refractivity contribution in [3.8, 4) is 10.6 Å². The van der Waals surface area contributed by atoms with Crippen LogP contribution in [0.5, 0.6) is 0 Å². The molecule has 0 radical (unpaired) electrons. The second-order valence-corrected chi connectivity index (χ2v) is 5.96. The second kappa shape index (κ2) is 7.91. The van der Waals surface area contributed by atoms with Gasteiger partial charge in [-0.1, -0.05) is 23.7 Å². The molecule has 22 heavy (non-hydrogen) atoms. The summed E-state index contributed by atoms with van der Waals surface area (Å²) in [5, 5.41) is 8.76. The van der Waals surface area contributed by atoms with Gasteiger partial charge in [0.2, 0.25) is 11.8 Å². The van der Waals surface area contributed by atoms with Crippen LogP contribution in [-0.4, -0.2) is 29.9 Å². The fraction of sp³-hybridized carbons (Fsp3) is 0.267. The van der Waals surface area contributed by atoms with E-state index in [9.17, 15) is 9.59 Å². The SMILES string of the molecule is CC(=O)NCCNC(=O)Cc1csc(-c2ccc(Cl)cc2)n1. The van der Waals surface area contributed by atoms with Crippen molar-refractivity contribution in [1.29, 1.82) is 0 Å². The van der Waals surface area contributed by atoms with Gasteiger partial charge in [0.05, 0.1) is 12.1 Å². The van der Waals surface area contributed by atoms with Gasteiger partial charge >= 0.3 is 0 Å². The van der Waals surface area contributed by atoms with Crippen molar-refractivity contribution < 1.29 is 9.59 Å². The minimum atomic E-state index is -0.113. The molecule has 2 rings (SSSR count). The molecule has 7 heteroatoms. The predicted molar refractivity (Wildman–Crippen MR) is 88.0 cm³/mol. The Hall–Kier alpha value is -1.92. The number of hydrogen-bond acceptors (Lipinski definition) is 4. The van der Waals surface area contributed by atoms with Crippen LogP contribution in [0.1, 0.15) is 12.6 Å².